The lowest BCUT2D eigenvalue weighted by atomic mass is 10.3. The Morgan fingerprint density at radius 1 is 1.37 bits per heavy atom. The molecule has 0 radical (unpaired) electrons. The van der Waals surface area contributed by atoms with Gasteiger partial charge in [-0.05, 0) is 18.2 Å². The van der Waals surface area contributed by atoms with Crippen LogP contribution in [0.2, 0.25) is 0 Å². The summed E-state index contributed by atoms with van der Waals surface area (Å²) < 4.78 is 26.5. The summed E-state index contributed by atoms with van der Waals surface area (Å²) in [6.45, 7) is 0.589. The van der Waals surface area contributed by atoms with Gasteiger partial charge in [-0.3, -0.25) is 4.98 Å². The molecular formula is C12H16N4O2S. The molecule has 0 amide bonds. The van der Waals surface area contributed by atoms with E-state index in [4.69, 9.17) is 5.73 Å². The Morgan fingerprint density at radius 3 is 2.84 bits per heavy atom. The van der Waals surface area contributed by atoms with Gasteiger partial charge in [-0.2, -0.15) is 0 Å². The van der Waals surface area contributed by atoms with Gasteiger partial charge in [0.25, 0.3) is 0 Å². The molecule has 2 aromatic rings. The fourth-order valence-corrected chi connectivity index (χ4v) is 2.68. The molecule has 2 aromatic heterocycles. The first-order chi connectivity index (χ1) is 9.12. The van der Waals surface area contributed by atoms with Crippen LogP contribution in [0.15, 0.2) is 41.6 Å². The lowest BCUT2D eigenvalue weighted by Crippen LogP contribution is -2.25. The summed E-state index contributed by atoms with van der Waals surface area (Å²) >= 11 is 0. The average Bonchev–Trinajstić information content (AvgIpc) is 2.89. The van der Waals surface area contributed by atoms with Gasteiger partial charge in [-0.15, -0.1) is 0 Å². The van der Waals surface area contributed by atoms with Crippen molar-refractivity contribution in [2.24, 2.45) is 5.73 Å². The molecule has 6 nitrogen and oxygen atoms in total. The number of hydrogen-bond acceptors (Lipinski definition) is 4. The molecule has 7 heteroatoms. The highest BCUT2D eigenvalue weighted by Crippen LogP contribution is 2.10. The van der Waals surface area contributed by atoms with Crippen molar-refractivity contribution in [2.75, 3.05) is 6.54 Å². The molecule has 2 rings (SSSR count). The summed E-state index contributed by atoms with van der Waals surface area (Å²) in [6, 6.07) is 7.08. The van der Waals surface area contributed by atoms with Gasteiger partial charge >= 0.3 is 0 Å². The molecule has 0 atom stereocenters. The number of rotatable bonds is 6. The van der Waals surface area contributed by atoms with E-state index in [0.29, 0.717) is 18.7 Å². The van der Waals surface area contributed by atoms with Gasteiger partial charge in [0.2, 0.25) is 10.0 Å². The van der Waals surface area contributed by atoms with E-state index in [1.54, 1.807) is 6.20 Å². The number of nitrogens with zero attached hydrogens (tertiary/aromatic N) is 1. The Labute approximate surface area is 112 Å². The van der Waals surface area contributed by atoms with E-state index >= 15 is 0 Å². The van der Waals surface area contributed by atoms with Crippen LogP contribution in [0.25, 0.3) is 0 Å². The van der Waals surface area contributed by atoms with E-state index < -0.39 is 10.0 Å². The van der Waals surface area contributed by atoms with E-state index in [2.05, 4.69) is 14.7 Å². The summed E-state index contributed by atoms with van der Waals surface area (Å²) in [6.07, 6.45) is 3.67. The molecule has 102 valence electrons. The third-order valence-corrected chi connectivity index (χ3v) is 4.09. The van der Waals surface area contributed by atoms with Gasteiger partial charge in [0, 0.05) is 43.3 Å². The summed E-state index contributed by atoms with van der Waals surface area (Å²) in [4.78, 5) is 7.15. The van der Waals surface area contributed by atoms with Crippen molar-refractivity contribution in [1.82, 2.24) is 14.7 Å². The second-order valence-electron chi connectivity index (χ2n) is 4.03. The van der Waals surface area contributed by atoms with Gasteiger partial charge in [-0.25, -0.2) is 13.1 Å². The number of hydrogen-bond donors (Lipinski definition) is 3. The highest BCUT2D eigenvalue weighted by atomic mass is 32.2. The summed E-state index contributed by atoms with van der Waals surface area (Å²) in [5.74, 6) is 0. The standard InChI is InChI=1S/C12H16N4O2S/c13-8-11-7-12(9-15-11)19(17,18)16-6-4-10-3-1-2-5-14-10/h1-3,5,7,9,15-16H,4,6,8,13H2. The number of aromatic amines is 1. The first-order valence-electron chi connectivity index (χ1n) is 5.89. The van der Waals surface area contributed by atoms with Crippen LogP contribution in [0.5, 0.6) is 0 Å². The lowest BCUT2D eigenvalue weighted by Gasteiger charge is -2.04. The highest BCUT2D eigenvalue weighted by molar-refractivity contribution is 7.89. The van der Waals surface area contributed by atoms with E-state index in [0.717, 1.165) is 5.69 Å². The molecule has 0 saturated carbocycles. The second-order valence-corrected chi connectivity index (χ2v) is 5.80. The molecule has 0 aromatic carbocycles. The summed E-state index contributed by atoms with van der Waals surface area (Å²) in [5, 5.41) is 0. The maximum absolute atomic E-state index is 12.0. The molecule has 0 aliphatic heterocycles. The molecule has 0 fully saturated rings. The van der Waals surface area contributed by atoms with Crippen LogP contribution >= 0.6 is 0 Å². The number of aromatic nitrogens is 2. The molecule has 0 saturated heterocycles. The highest BCUT2D eigenvalue weighted by Gasteiger charge is 2.15. The Hall–Kier alpha value is -1.70. The Bertz CT molecular complexity index is 622. The largest absolute Gasteiger partial charge is 0.363 e. The molecule has 0 bridgehead atoms. The van der Waals surface area contributed by atoms with Crippen molar-refractivity contribution < 1.29 is 8.42 Å². The Kier molecular flexibility index (Phi) is 4.31. The molecule has 0 unspecified atom stereocenters. The minimum absolute atomic E-state index is 0.203. The normalized spacial score (nSPS) is 11.6. The SMILES string of the molecule is NCc1cc(S(=O)(=O)NCCc2ccccn2)c[nH]1. The molecule has 0 aliphatic carbocycles. The van der Waals surface area contributed by atoms with Gasteiger partial charge in [0.1, 0.15) is 0 Å². The first kappa shape index (κ1) is 13.7. The van der Waals surface area contributed by atoms with Crippen molar-refractivity contribution in [3.8, 4) is 0 Å². The monoisotopic (exact) mass is 280 g/mol. The van der Waals surface area contributed by atoms with Crippen LogP contribution in [0.4, 0.5) is 0 Å². The van der Waals surface area contributed by atoms with Crippen LogP contribution in [-0.4, -0.2) is 24.9 Å². The first-order valence-corrected chi connectivity index (χ1v) is 7.37. The van der Waals surface area contributed by atoms with Gasteiger partial charge in [0.15, 0.2) is 0 Å². The average molecular weight is 280 g/mol. The smallest absolute Gasteiger partial charge is 0.242 e. The van der Waals surface area contributed by atoms with Crippen molar-refractivity contribution in [2.45, 2.75) is 17.9 Å². The van der Waals surface area contributed by atoms with Gasteiger partial charge in [0.05, 0.1) is 4.90 Å². The topological polar surface area (TPSA) is 101 Å². The Balaban J connectivity index is 1.94. The van der Waals surface area contributed by atoms with E-state index in [-0.39, 0.29) is 11.4 Å². The molecule has 4 N–H and O–H groups in total. The zero-order valence-corrected chi connectivity index (χ0v) is 11.2. The fraction of sp³-hybridized carbons (Fsp3) is 0.250. The lowest BCUT2D eigenvalue weighted by molar-refractivity contribution is 0.581. The maximum atomic E-state index is 12.0. The summed E-state index contributed by atoms with van der Waals surface area (Å²) in [7, 11) is -3.48. The van der Waals surface area contributed by atoms with Crippen LogP contribution in [0.1, 0.15) is 11.4 Å². The number of H-pyrrole nitrogens is 1. The van der Waals surface area contributed by atoms with Crippen molar-refractivity contribution in [3.05, 3.63) is 48.0 Å². The number of sulfonamides is 1. The zero-order valence-electron chi connectivity index (χ0n) is 10.3. The molecule has 19 heavy (non-hydrogen) atoms. The van der Waals surface area contributed by atoms with Gasteiger partial charge < -0.3 is 10.7 Å². The molecular weight excluding hydrogens is 264 g/mol. The molecule has 0 spiro atoms. The van der Waals surface area contributed by atoms with Crippen LogP contribution in [-0.2, 0) is 23.0 Å². The van der Waals surface area contributed by atoms with E-state index in [9.17, 15) is 8.42 Å². The number of nitrogens with two attached hydrogens (primary N) is 1. The van der Waals surface area contributed by atoms with Crippen LogP contribution < -0.4 is 10.5 Å². The van der Waals surface area contributed by atoms with Crippen molar-refractivity contribution in [1.29, 1.82) is 0 Å². The third-order valence-electron chi connectivity index (χ3n) is 2.65. The maximum Gasteiger partial charge on any atom is 0.242 e. The Morgan fingerprint density at radius 2 is 2.21 bits per heavy atom. The van der Waals surface area contributed by atoms with Gasteiger partial charge in [-0.1, -0.05) is 6.07 Å². The number of pyridine rings is 1. The predicted molar refractivity (Wildman–Crippen MR) is 71.8 cm³/mol. The fourth-order valence-electron chi connectivity index (χ4n) is 1.63. The zero-order chi connectivity index (χ0) is 13.7. The van der Waals surface area contributed by atoms with Crippen LogP contribution in [0, 0.1) is 0 Å². The quantitative estimate of drug-likeness (QED) is 0.712. The summed E-state index contributed by atoms with van der Waals surface area (Å²) in [5.41, 5.74) is 6.96. The van der Waals surface area contributed by atoms with Crippen molar-refractivity contribution >= 4 is 10.0 Å². The minimum atomic E-state index is -3.48. The van der Waals surface area contributed by atoms with Crippen LogP contribution in [0.3, 0.4) is 0 Å². The minimum Gasteiger partial charge on any atom is -0.363 e. The predicted octanol–water partition coefficient (Wildman–Crippen LogP) is 0.389. The molecule has 0 aliphatic rings. The van der Waals surface area contributed by atoms with E-state index in [1.807, 2.05) is 18.2 Å². The van der Waals surface area contributed by atoms with Crippen molar-refractivity contribution in [3.63, 3.8) is 0 Å². The van der Waals surface area contributed by atoms with E-state index in [1.165, 1.54) is 12.3 Å². The number of nitrogens with one attached hydrogen (secondary N) is 2. The molecule has 2 heterocycles. The third kappa shape index (κ3) is 3.63. The second kappa shape index (κ2) is 5.96.